The van der Waals surface area contributed by atoms with Crippen molar-refractivity contribution in [2.75, 3.05) is 20.4 Å². The number of fused-ring (bicyclic) bond motifs is 1. The molecule has 156 valence electrons. The average molecular weight is 424 g/mol. The molecule has 1 saturated heterocycles. The zero-order valence-electron chi connectivity index (χ0n) is 15.6. The van der Waals surface area contributed by atoms with Crippen LogP contribution in [0.4, 0.5) is 0 Å². The molecule has 0 saturated carbocycles. The van der Waals surface area contributed by atoms with Crippen LogP contribution in [-0.2, 0) is 11.2 Å². The number of amidine groups is 1. The minimum Gasteiger partial charge on any atom is -0.496 e. The van der Waals surface area contributed by atoms with Gasteiger partial charge in [0.05, 0.1) is 13.7 Å². The highest BCUT2D eigenvalue weighted by molar-refractivity contribution is 6.47. The molecule has 3 aliphatic rings. The summed E-state index contributed by atoms with van der Waals surface area (Å²) in [4.78, 5) is 14.7. The molecule has 0 aromatic heterocycles. The molecule has 29 heavy (non-hydrogen) atoms. The topological polar surface area (TPSA) is 145 Å². The average Bonchev–Trinajstić information content (AvgIpc) is 3.25. The molecular weight excluding hydrogens is 402 g/mol. The molecule has 1 fully saturated rings. The molecule has 0 spiro atoms. The maximum atomic E-state index is 10.3. The predicted molar refractivity (Wildman–Crippen MR) is 106 cm³/mol. The van der Waals surface area contributed by atoms with E-state index in [1.807, 2.05) is 0 Å². The number of aliphatic hydroxyl groups excluding tert-OH is 3. The molecule has 4 rings (SSSR count). The lowest BCUT2D eigenvalue weighted by atomic mass is 9.93. The predicted octanol–water partition coefficient (Wildman–Crippen LogP) is -0.860. The van der Waals surface area contributed by atoms with Crippen molar-refractivity contribution in [3.63, 3.8) is 0 Å². The number of aliphatic hydroxyl groups is 3. The molecule has 5 atom stereocenters. The number of nitrogens with two attached hydrogens (primary N) is 1. The van der Waals surface area contributed by atoms with Crippen molar-refractivity contribution >= 4 is 29.5 Å². The Bertz CT molecular complexity index is 893. The van der Waals surface area contributed by atoms with Crippen LogP contribution in [0.25, 0.3) is 0 Å². The normalized spacial score (nSPS) is 33.5. The number of nitrogens with zero attached hydrogens (tertiary/aromatic N) is 4. The molecule has 0 radical (unpaired) electrons. The van der Waals surface area contributed by atoms with Gasteiger partial charge in [0, 0.05) is 11.4 Å². The Kier molecular flexibility index (Phi) is 5.32. The van der Waals surface area contributed by atoms with Crippen molar-refractivity contribution in [3.8, 4) is 5.75 Å². The van der Waals surface area contributed by atoms with Crippen molar-refractivity contribution in [1.82, 2.24) is 4.90 Å². The monoisotopic (exact) mass is 423 g/mol. The van der Waals surface area contributed by atoms with E-state index in [1.165, 1.54) is 6.34 Å². The van der Waals surface area contributed by atoms with Crippen LogP contribution in [0.5, 0.6) is 5.75 Å². The first kappa shape index (κ1) is 20.2. The summed E-state index contributed by atoms with van der Waals surface area (Å²) in [5.74, 6) is 1.02. The fraction of sp³-hybridized carbons (Fsp3) is 0.500. The first-order valence-electron chi connectivity index (χ1n) is 9.05. The number of hydrogen-bond acceptors (Lipinski definition) is 10. The molecule has 11 heteroatoms. The minimum atomic E-state index is -1.23. The lowest BCUT2D eigenvalue weighted by Crippen LogP contribution is -2.56. The highest BCUT2D eigenvalue weighted by Gasteiger charge is 2.50. The van der Waals surface area contributed by atoms with E-state index in [4.69, 9.17) is 26.8 Å². The summed E-state index contributed by atoms with van der Waals surface area (Å²) in [6, 6.07) is 5.24. The van der Waals surface area contributed by atoms with Gasteiger partial charge in [-0.05, 0) is 23.8 Å². The third kappa shape index (κ3) is 3.41. The van der Waals surface area contributed by atoms with Gasteiger partial charge >= 0.3 is 0 Å². The van der Waals surface area contributed by atoms with E-state index < -0.39 is 36.8 Å². The van der Waals surface area contributed by atoms with Crippen molar-refractivity contribution in [2.24, 2.45) is 20.7 Å². The third-order valence-corrected chi connectivity index (χ3v) is 5.51. The first-order valence-corrected chi connectivity index (χ1v) is 9.43. The third-order valence-electron chi connectivity index (χ3n) is 5.27. The minimum absolute atomic E-state index is 0.121. The van der Waals surface area contributed by atoms with E-state index in [-0.39, 0.29) is 13.1 Å². The second-order valence-corrected chi connectivity index (χ2v) is 7.54. The Hall–Kier alpha value is -2.08. The van der Waals surface area contributed by atoms with Gasteiger partial charge in [0.2, 0.25) is 0 Å². The number of methoxy groups -OCH3 is 1. The van der Waals surface area contributed by atoms with Gasteiger partial charge in [-0.25, -0.2) is 9.98 Å². The number of halogens is 1. The van der Waals surface area contributed by atoms with Crippen molar-refractivity contribution in [1.29, 1.82) is 0 Å². The Morgan fingerprint density at radius 3 is 2.86 bits per heavy atom. The highest BCUT2D eigenvalue weighted by Crippen LogP contribution is 2.32. The lowest BCUT2D eigenvalue weighted by molar-refractivity contribution is -0.0688. The number of benzene rings is 1. The Morgan fingerprint density at radius 1 is 1.38 bits per heavy atom. The second kappa shape index (κ2) is 7.63. The summed E-state index contributed by atoms with van der Waals surface area (Å²) in [5.41, 5.74) is 6.57. The molecule has 1 aromatic rings. The number of aliphatic imine (C=N–C) groups is 3. The van der Waals surface area contributed by atoms with Gasteiger partial charge in [0.1, 0.15) is 42.8 Å². The molecule has 1 aromatic carbocycles. The standard InChI is InChI=1S/C18H22ClN5O5/c1-28-11-3-2-10(19)4-9(11)5-18(20)15-16(21-7-23-18)24(8-22-15)17-14(27)13(26)12(6-25)29-17/h2-4,7,12-14,17,25-27H,5-6,8,20H2,1H3/t12-,13-,14-,17-,18?/m1/s1. The maximum Gasteiger partial charge on any atom is 0.162 e. The van der Waals surface area contributed by atoms with Crippen molar-refractivity contribution in [3.05, 3.63) is 28.8 Å². The van der Waals surface area contributed by atoms with E-state index in [0.717, 1.165) is 5.56 Å². The summed E-state index contributed by atoms with van der Waals surface area (Å²) < 4.78 is 11.0. The highest BCUT2D eigenvalue weighted by atomic mass is 35.5. The van der Waals surface area contributed by atoms with E-state index in [0.29, 0.717) is 22.3 Å². The van der Waals surface area contributed by atoms with Gasteiger partial charge in [-0.2, -0.15) is 0 Å². The van der Waals surface area contributed by atoms with Gasteiger partial charge < -0.3 is 35.4 Å². The van der Waals surface area contributed by atoms with Gasteiger partial charge in [0.25, 0.3) is 0 Å². The van der Waals surface area contributed by atoms with Gasteiger partial charge in [-0.1, -0.05) is 11.6 Å². The zero-order chi connectivity index (χ0) is 20.8. The summed E-state index contributed by atoms with van der Waals surface area (Å²) in [6.45, 7) is -0.296. The smallest absolute Gasteiger partial charge is 0.162 e. The molecule has 1 unspecified atom stereocenters. The summed E-state index contributed by atoms with van der Waals surface area (Å²) in [6.07, 6.45) is -2.66. The van der Waals surface area contributed by atoms with Crippen LogP contribution in [0.3, 0.4) is 0 Å². The fourth-order valence-electron chi connectivity index (χ4n) is 3.78. The van der Waals surface area contributed by atoms with Crippen molar-refractivity contribution < 1.29 is 24.8 Å². The molecule has 3 aliphatic heterocycles. The first-order chi connectivity index (χ1) is 13.9. The second-order valence-electron chi connectivity index (χ2n) is 7.10. The Morgan fingerprint density at radius 2 is 2.17 bits per heavy atom. The molecule has 10 nitrogen and oxygen atoms in total. The number of hydrogen-bond donors (Lipinski definition) is 4. The number of ether oxygens (including phenoxy) is 2. The molecule has 3 heterocycles. The summed E-state index contributed by atoms with van der Waals surface area (Å²) >= 11 is 6.13. The van der Waals surface area contributed by atoms with E-state index in [1.54, 1.807) is 30.2 Å². The molecule has 0 bridgehead atoms. The van der Waals surface area contributed by atoms with E-state index in [9.17, 15) is 15.3 Å². The van der Waals surface area contributed by atoms with Crippen LogP contribution < -0.4 is 10.5 Å². The Balaban J connectivity index is 1.59. The van der Waals surface area contributed by atoms with E-state index >= 15 is 0 Å². The maximum absolute atomic E-state index is 10.3. The van der Waals surface area contributed by atoms with Crippen LogP contribution in [-0.4, -0.2) is 88.7 Å². The molecule has 0 amide bonds. The van der Waals surface area contributed by atoms with Gasteiger partial charge in [-0.15, -0.1) is 0 Å². The summed E-state index contributed by atoms with van der Waals surface area (Å²) in [7, 11) is 1.56. The van der Waals surface area contributed by atoms with Crippen LogP contribution in [0.2, 0.25) is 5.02 Å². The van der Waals surface area contributed by atoms with Crippen LogP contribution >= 0.6 is 11.6 Å². The van der Waals surface area contributed by atoms with Crippen LogP contribution in [0, 0.1) is 0 Å². The summed E-state index contributed by atoms with van der Waals surface area (Å²) in [5, 5.41) is 30.3. The molecule has 5 N–H and O–H groups in total. The Labute approximate surface area is 171 Å². The molecule has 0 aliphatic carbocycles. The fourth-order valence-corrected chi connectivity index (χ4v) is 3.97. The zero-order valence-corrected chi connectivity index (χ0v) is 16.4. The largest absolute Gasteiger partial charge is 0.496 e. The molecular formula is C18H22ClN5O5. The van der Waals surface area contributed by atoms with Crippen LogP contribution in [0.1, 0.15) is 5.56 Å². The number of rotatable bonds is 5. The van der Waals surface area contributed by atoms with Gasteiger partial charge in [-0.3, -0.25) is 4.99 Å². The van der Waals surface area contributed by atoms with Gasteiger partial charge in [0.15, 0.2) is 17.7 Å². The lowest BCUT2D eigenvalue weighted by Gasteiger charge is -2.32. The SMILES string of the molecule is COc1ccc(Cl)cc1CC1(N)N=CN=C2C1=NCN2[C@@H]1O[C@H](CO)[C@@H](O)[C@H]1O. The van der Waals surface area contributed by atoms with E-state index in [2.05, 4.69) is 15.0 Å². The van der Waals surface area contributed by atoms with Crippen molar-refractivity contribution in [2.45, 2.75) is 36.6 Å². The van der Waals surface area contributed by atoms with Crippen LogP contribution in [0.15, 0.2) is 33.2 Å². The quantitative estimate of drug-likeness (QED) is 0.482.